The number of anilines is 1. The molecule has 25 heavy (non-hydrogen) atoms. The summed E-state index contributed by atoms with van der Waals surface area (Å²) in [6.07, 6.45) is -4.45. The lowest BCUT2D eigenvalue weighted by atomic mass is 10.0. The first-order valence-corrected chi connectivity index (χ1v) is 7.80. The van der Waals surface area contributed by atoms with E-state index in [0.29, 0.717) is 19.4 Å². The molecule has 1 aromatic rings. The smallest absolute Gasteiger partial charge is 0.428 e. The summed E-state index contributed by atoms with van der Waals surface area (Å²) < 4.78 is 45.5. The number of pyridine rings is 1. The molecule has 0 aliphatic carbocycles. The van der Waals surface area contributed by atoms with Gasteiger partial charge in [0.2, 0.25) is 0 Å². The van der Waals surface area contributed by atoms with Gasteiger partial charge in [-0.3, -0.25) is 0 Å². The highest BCUT2D eigenvalue weighted by atomic mass is 19.4. The Hall–Kier alpha value is -2.36. The van der Waals surface area contributed by atoms with Gasteiger partial charge in [-0.25, -0.2) is 15.2 Å². The molecule has 7 nitrogen and oxygen atoms in total. The van der Waals surface area contributed by atoms with Crippen molar-refractivity contribution in [2.45, 2.75) is 38.1 Å². The van der Waals surface area contributed by atoms with E-state index in [-0.39, 0.29) is 23.6 Å². The third-order valence-corrected chi connectivity index (χ3v) is 4.10. The van der Waals surface area contributed by atoms with Crippen LogP contribution in [0.25, 0.3) is 0 Å². The van der Waals surface area contributed by atoms with Crippen LogP contribution < -0.4 is 10.3 Å². The second-order valence-electron chi connectivity index (χ2n) is 5.99. The van der Waals surface area contributed by atoms with Crippen LogP contribution >= 0.6 is 0 Å². The first kappa shape index (κ1) is 17.5. The van der Waals surface area contributed by atoms with E-state index >= 15 is 0 Å². The highest BCUT2D eigenvalue weighted by Crippen LogP contribution is 2.37. The molecule has 2 aliphatic heterocycles. The summed E-state index contributed by atoms with van der Waals surface area (Å²) in [7, 11) is 0. The first-order chi connectivity index (χ1) is 11.8. The van der Waals surface area contributed by atoms with Gasteiger partial charge >= 0.3 is 12.3 Å². The molecule has 3 heterocycles. The zero-order valence-corrected chi connectivity index (χ0v) is 13.4. The largest absolute Gasteiger partial charge is 0.439 e. The van der Waals surface area contributed by atoms with Gasteiger partial charge in [0.05, 0.1) is 11.7 Å². The minimum atomic E-state index is -4.62. The van der Waals surface area contributed by atoms with E-state index in [0.717, 1.165) is 6.07 Å². The van der Waals surface area contributed by atoms with E-state index < -0.39 is 30.0 Å². The standard InChI is InChI=1S/C15H17F3N4O3/c1-8-12(20-21-14(24)25-8)9-5-11(15(16,17)18)13(19-6-9)22-4-2-3-10(23)7-22/h5-6,8,10,23H,2-4,7H2,1H3,(H,21,24). The van der Waals surface area contributed by atoms with Gasteiger partial charge in [0.15, 0.2) is 0 Å². The van der Waals surface area contributed by atoms with Crippen molar-refractivity contribution in [1.29, 1.82) is 0 Å². The summed E-state index contributed by atoms with van der Waals surface area (Å²) in [4.78, 5) is 16.5. The summed E-state index contributed by atoms with van der Waals surface area (Å²) in [6, 6.07) is 0.944. The Morgan fingerprint density at radius 1 is 1.44 bits per heavy atom. The minimum absolute atomic E-state index is 0.103. The molecule has 1 saturated heterocycles. The fraction of sp³-hybridized carbons (Fsp3) is 0.533. The van der Waals surface area contributed by atoms with Crippen LogP contribution in [0, 0.1) is 0 Å². The van der Waals surface area contributed by atoms with Crippen LogP contribution in [-0.2, 0) is 10.9 Å². The van der Waals surface area contributed by atoms with Crippen molar-refractivity contribution < 1.29 is 27.8 Å². The molecule has 0 bridgehead atoms. The molecule has 1 amide bonds. The second-order valence-corrected chi connectivity index (χ2v) is 5.99. The summed E-state index contributed by atoms with van der Waals surface area (Å²) in [6.45, 7) is 2.01. The Bertz CT molecular complexity index is 708. The normalized spacial score (nSPS) is 24.4. The fourth-order valence-corrected chi connectivity index (χ4v) is 2.94. The maximum absolute atomic E-state index is 13.5. The average Bonchev–Trinajstić information content (AvgIpc) is 2.53. The Morgan fingerprint density at radius 3 is 2.84 bits per heavy atom. The molecular weight excluding hydrogens is 341 g/mol. The van der Waals surface area contributed by atoms with Crippen LogP contribution in [0.2, 0.25) is 0 Å². The molecule has 136 valence electrons. The zero-order chi connectivity index (χ0) is 18.2. The maximum Gasteiger partial charge on any atom is 0.428 e. The molecule has 1 fully saturated rings. The van der Waals surface area contributed by atoms with Crippen molar-refractivity contribution in [3.05, 3.63) is 23.4 Å². The van der Waals surface area contributed by atoms with Crippen LogP contribution in [-0.4, -0.2) is 47.2 Å². The van der Waals surface area contributed by atoms with Gasteiger partial charge in [0.1, 0.15) is 17.6 Å². The number of aliphatic hydroxyl groups excluding tert-OH is 1. The third-order valence-electron chi connectivity index (χ3n) is 4.10. The predicted octanol–water partition coefficient (Wildman–Crippen LogP) is 1.89. The summed E-state index contributed by atoms with van der Waals surface area (Å²) in [5.74, 6) is -0.219. The quantitative estimate of drug-likeness (QED) is 0.843. The summed E-state index contributed by atoms with van der Waals surface area (Å²) in [5.41, 5.74) is 1.43. The molecule has 0 saturated carbocycles. The number of ether oxygens (including phenoxy) is 1. The molecule has 0 aromatic carbocycles. The van der Waals surface area contributed by atoms with E-state index in [4.69, 9.17) is 4.74 Å². The van der Waals surface area contributed by atoms with Gasteiger partial charge in [-0.05, 0) is 25.8 Å². The third kappa shape index (κ3) is 3.68. The molecule has 0 spiro atoms. The number of aromatic nitrogens is 1. The topological polar surface area (TPSA) is 87.0 Å². The lowest BCUT2D eigenvalue weighted by Gasteiger charge is -2.33. The van der Waals surface area contributed by atoms with Gasteiger partial charge in [-0.2, -0.15) is 18.3 Å². The number of carbonyl (C=O) groups is 1. The summed E-state index contributed by atoms with van der Waals surface area (Å²) >= 11 is 0. The van der Waals surface area contributed by atoms with Crippen LogP contribution in [0.1, 0.15) is 30.9 Å². The van der Waals surface area contributed by atoms with Crippen molar-refractivity contribution >= 4 is 17.6 Å². The molecule has 2 unspecified atom stereocenters. The van der Waals surface area contributed by atoms with Crippen molar-refractivity contribution in [3.63, 3.8) is 0 Å². The number of hydrogen-bond acceptors (Lipinski definition) is 6. The fourth-order valence-electron chi connectivity index (χ4n) is 2.94. The predicted molar refractivity (Wildman–Crippen MR) is 82.3 cm³/mol. The molecule has 0 radical (unpaired) electrons. The molecular formula is C15H17F3N4O3. The number of nitrogens with zero attached hydrogens (tertiary/aromatic N) is 3. The SMILES string of the molecule is CC1OC(=O)NN=C1c1cnc(N2CCCC(O)C2)c(C(F)(F)F)c1. The lowest BCUT2D eigenvalue weighted by Crippen LogP contribution is -2.40. The number of carbonyl (C=O) groups excluding carboxylic acids is 1. The van der Waals surface area contributed by atoms with Gasteiger partial charge in [-0.1, -0.05) is 0 Å². The van der Waals surface area contributed by atoms with Crippen LogP contribution in [0.3, 0.4) is 0 Å². The van der Waals surface area contributed by atoms with Crippen molar-refractivity contribution in [3.8, 4) is 0 Å². The highest BCUT2D eigenvalue weighted by Gasteiger charge is 2.38. The molecule has 10 heteroatoms. The van der Waals surface area contributed by atoms with Crippen molar-refractivity contribution in [2.24, 2.45) is 5.10 Å². The number of hydrogen-bond donors (Lipinski definition) is 2. The number of piperidine rings is 1. The number of amides is 1. The number of aliphatic hydroxyl groups is 1. The lowest BCUT2D eigenvalue weighted by molar-refractivity contribution is -0.137. The number of alkyl halides is 3. The van der Waals surface area contributed by atoms with E-state index in [1.807, 2.05) is 0 Å². The van der Waals surface area contributed by atoms with Crippen LogP contribution in [0.4, 0.5) is 23.8 Å². The summed E-state index contributed by atoms with van der Waals surface area (Å²) in [5, 5.41) is 13.5. The van der Waals surface area contributed by atoms with Crippen LogP contribution in [0.15, 0.2) is 17.4 Å². The monoisotopic (exact) mass is 358 g/mol. The number of hydrazone groups is 1. The Balaban J connectivity index is 2.00. The zero-order valence-electron chi connectivity index (χ0n) is 13.4. The van der Waals surface area contributed by atoms with Gasteiger partial charge < -0.3 is 14.7 Å². The van der Waals surface area contributed by atoms with Gasteiger partial charge in [0.25, 0.3) is 0 Å². The van der Waals surface area contributed by atoms with Gasteiger partial charge in [0, 0.05) is 24.8 Å². The maximum atomic E-state index is 13.5. The number of cyclic esters (lactones) is 1. The van der Waals surface area contributed by atoms with E-state index in [1.54, 1.807) is 0 Å². The average molecular weight is 358 g/mol. The molecule has 2 aliphatic rings. The second kappa shape index (κ2) is 6.51. The molecule has 2 N–H and O–H groups in total. The number of nitrogens with one attached hydrogen (secondary N) is 1. The Labute approximate surface area is 141 Å². The Morgan fingerprint density at radius 2 is 2.20 bits per heavy atom. The number of rotatable bonds is 2. The van der Waals surface area contributed by atoms with E-state index in [2.05, 4.69) is 15.5 Å². The number of halogens is 3. The van der Waals surface area contributed by atoms with E-state index in [9.17, 15) is 23.1 Å². The van der Waals surface area contributed by atoms with Crippen molar-refractivity contribution in [1.82, 2.24) is 10.4 Å². The molecule has 1 aromatic heterocycles. The minimum Gasteiger partial charge on any atom is -0.439 e. The highest BCUT2D eigenvalue weighted by molar-refractivity contribution is 6.05. The number of β-amino-alcohol motifs (C(OH)–C–C–N with tert-alkyl or cyclic N) is 1. The van der Waals surface area contributed by atoms with Crippen molar-refractivity contribution in [2.75, 3.05) is 18.0 Å². The molecule has 2 atom stereocenters. The first-order valence-electron chi connectivity index (χ1n) is 7.80. The van der Waals surface area contributed by atoms with E-state index in [1.165, 1.54) is 18.0 Å². The Kier molecular flexibility index (Phi) is 4.55. The molecule has 3 rings (SSSR count). The van der Waals surface area contributed by atoms with Gasteiger partial charge in [-0.15, -0.1) is 0 Å². The van der Waals surface area contributed by atoms with Crippen LogP contribution in [0.5, 0.6) is 0 Å².